The summed E-state index contributed by atoms with van der Waals surface area (Å²) in [5, 5.41) is 13.1. The van der Waals surface area contributed by atoms with Crippen LogP contribution < -0.4 is 14.9 Å². The van der Waals surface area contributed by atoms with E-state index in [4.69, 9.17) is 14.7 Å². The molecular weight excluding hydrogens is 550 g/mol. The molecule has 0 aliphatic carbocycles. The minimum Gasteiger partial charge on any atom is -0.490 e. The van der Waals surface area contributed by atoms with Crippen molar-refractivity contribution in [3.05, 3.63) is 91.9 Å². The number of carbonyl (C=O) groups is 1. The van der Waals surface area contributed by atoms with Gasteiger partial charge in [0.25, 0.3) is 0 Å². The average molecular weight is 571 g/mol. The van der Waals surface area contributed by atoms with Gasteiger partial charge in [0.1, 0.15) is 6.61 Å². The summed E-state index contributed by atoms with van der Waals surface area (Å²) >= 11 is 6.91. The zero-order valence-corrected chi connectivity index (χ0v) is 21.0. The Morgan fingerprint density at radius 1 is 1.09 bits per heavy atom. The van der Waals surface area contributed by atoms with Crippen molar-refractivity contribution in [2.24, 2.45) is 5.10 Å². The summed E-state index contributed by atoms with van der Waals surface area (Å²) in [5.74, 6) is 0.888. The molecule has 0 saturated heterocycles. The number of nitrogens with zero attached hydrogens (tertiary/aromatic N) is 2. The Kier molecular flexibility index (Phi) is 9.04. The molecule has 8 heteroatoms. The van der Waals surface area contributed by atoms with Gasteiger partial charge in [-0.05, 0) is 75.9 Å². The maximum atomic E-state index is 12.1. The second kappa shape index (κ2) is 12.2. The standard InChI is InChI=1S/C25H21Br2N3O3/c1-2-32-23-12-20(15-29-30-24(31)13-17-6-8-21(26)9-7-17)11-22(27)25(23)33-16-19-5-3-4-18(10-19)14-28/h3-12,15H,2,13,16H2,1H3,(H,30,31)/b29-15-. The van der Waals surface area contributed by atoms with E-state index in [1.165, 1.54) is 0 Å². The van der Waals surface area contributed by atoms with Crippen molar-refractivity contribution in [1.29, 1.82) is 5.26 Å². The first-order valence-electron chi connectivity index (χ1n) is 10.1. The first-order valence-corrected chi connectivity index (χ1v) is 11.7. The van der Waals surface area contributed by atoms with Gasteiger partial charge in [-0.1, -0.05) is 40.2 Å². The Hall–Kier alpha value is -3.15. The lowest BCUT2D eigenvalue weighted by Gasteiger charge is -2.15. The second-order valence-electron chi connectivity index (χ2n) is 6.96. The molecule has 3 aromatic carbocycles. The Morgan fingerprint density at radius 3 is 2.61 bits per heavy atom. The van der Waals surface area contributed by atoms with Crippen molar-refractivity contribution in [3.63, 3.8) is 0 Å². The molecule has 0 heterocycles. The lowest BCUT2D eigenvalue weighted by Crippen LogP contribution is -2.19. The monoisotopic (exact) mass is 569 g/mol. The molecule has 0 spiro atoms. The van der Waals surface area contributed by atoms with Gasteiger partial charge < -0.3 is 9.47 Å². The van der Waals surface area contributed by atoms with Crippen LogP contribution in [0.25, 0.3) is 0 Å². The van der Waals surface area contributed by atoms with E-state index >= 15 is 0 Å². The van der Waals surface area contributed by atoms with Crippen molar-refractivity contribution in [2.75, 3.05) is 6.61 Å². The first kappa shape index (κ1) is 24.5. The van der Waals surface area contributed by atoms with Crippen molar-refractivity contribution in [3.8, 4) is 17.6 Å². The van der Waals surface area contributed by atoms with Crippen molar-refractivity contribution in [2.45, 2.75) is 20.0 Å². The van der Waals surface area contributed by atoms with Gasteiger partial charge in [0, 0.05) is 4.47 Å². The van der Waals surface area contributed by atoms with Crippen molar-refractivity contribution in [1.82, 2.24) is 5.43 Å². The fourth-order valence-electron chi connectivity index (χ4n) is 2.96. The van der Waals surface area contributed by atoms with Gasteiger partial charge in [-0.25, -0.2) is 5.43 Å². The number of benzene rings is 3. The minimum absolute atomic E-state index is 0.211. The van der Waals surface area contributed by atoms with Crippen LogP contribution in [0.5, 0.6) is 11.5 Å². The van der Waals surface area contributed by atoms with E-state index in [0.29, 0.717) is 28.1 Å². The number of amides is 1. The molecule has 0 aliphatic rings. The fraction of sp³-hybridized carbons (Fsp3) is 0.160. The zero-order valence-electron chi connectivity index (χ0n) is 17.8. The quantitative estimate of drug-likeness (QED) is 0.262. The van der Waals surface area contributed by atoms with E-state index in [1.807, 2.05) is 49.4 Å². The zero-order chi connectivity index (χ0) is 23.6. The smallest absolute Gasteiger partial charge is 0.244 e. The average Bonchev–Trinajstić information content (AvgIpc) is 2.80. The molecule has 0 fully saturated rings. The summed E-state index contributed by atoms with van der Waals surface area (Å²) in [6, 6.07) is 20.5. The third-order valence-corrected chi connectivity index (χ3v) is 5.57. The van der Waals surface area contributed by atoms with Crippen LogP contribution in [0, 0.1) is 11.3 Å². The molecule has 0 radical (unpaired) electrons. The molecule has 6 nitrogen and oxygen atoms in total. The molecule has 0 aromatic heterocycles. The van der Waals surface area contributed by atoms with Gasteiger partial charge in [0.15, 0.2) is 11.5 Å². The third-order valence-electron chi connectivity index (χ3n) is 4.45. The van der Waals surface area contributed by atoms with Crippen LogP contribution in [0.2, 0.25) is 0 Å². The second-order valence-corrected chi connectivity index (χ2v) is 8.73. The summed E-state index contributed by atoms with van der Waals surface area (Å²) in [5.41, 5.74) is 5.62. The number of hydrogen-bond acceptors (Lipinski definition) is 5. The Morgan fingerprint density at radius 2 is 1.88 bits per heavy atom. The molecule has 3 rings (SSSR count). The molecule has 1 N–H and O–H groups in total. The van der Waals surface area contributed by atoms with Gasteiger partial charge in [0.05, 0.1) is 35.3 Å². The van der Waals surface area contributed by atoms with Gasteiger partial charge in [-0.3, -0.25) is 4.79 Å². The summed E-state index contributed by atoms with van der Waals surface area (Å²) in [6.07, 6.45) is 1.78. The predicted octanol–water partition coefficient (Wildman–Crippen LogP) is 5.75. The van der Waals surface area contributed by atoms with Crippen molar-refractivity contribution >= 4 is 44.0 Å². The van der Waals surface area contributed by atoms with Crippen LogP contribution in [-0.4, -0.2) is 18.7 Å². The lowest BCUT2D eigenvalue weighted by molar-refractivity contribution is -0.120. The van der Waals surface area contributed by atoms with E-state index in [9.17, 15) is 4.79 Å². The maximum absolute atomic E-state index is 12.1. The van der Waals surface area contributed by atoms with Crippen LogP contribution in [0.4, 0.5) is 0 Å². The highest BCUT2D eigenvalue weighted by Crippen LogP contribution is 2.37. The van der Waals surface area contributed by atoms with Crippen LogP contribution in [0.1, 0.15) is 29.2 Å². The summed E-state index contributed by atoms with van der Waals surface area (Å²) in [6.45, 7) is 2.63. The first-order chi connectivity index (χ1) is 16.0. The number of carbonyl (C=O) groups excluding carboxylic acids is 1. The maximum Gasteiger partial charge on any atom is 0.244 e. The van der Waals surface area contributed by atoms with Gasteiger partial charge >= 0.3 is 0 Å². The van der Waals surface area contributed by atoms with E-state index in [-0.39, 0.29) is 18.9 Å². The number of rotatable bonds is 9. The largest absolute Gasteiger partial charge is 0.490 e. The van der Waals surface area contributed by atoms with Gasteiger partial charge in [-0.15, -0.1) is 0 Å². The molecule has 0 atom stereocenters. The summed E-state index contributed by atoms with van der Waals surface area (Å²) < 4.78 is 13.4. The Balaban J connectivity index is 1.67. The van der Waals surface area contributed by atoms with Gasteiger partial charge in [0.2, 0.25) is 5.91 Å². The Bertz CT molecular complexity index is 1190. The van der Waals surface area contributed by atoms with Crippen LogP contribution in [-0.2, 0) is 17.8 Å². The predicted molar refractivity (Wildman–Crippen MR) is 134 cm³/mol. The van der Waals surface area contributed by atoms with E-state index < -0.39 is 0 Å². The van der Waals surface area contributed by atoms with E-state index in [2.05, 4.69) is 48.5 Å². The van der Waals surface area contributed by atoms with Crippen LogP contribution in [0.15, 0.2) is 74.7 Å². The SMILES string of the molecule is CCOc1cc(/C=N\NC(=O)Cc2ccc(Br)cc2)cc(Br)c1OCc1cccc(C#N)c1. The molecule has 0 saturated carbocycles. The topological polar surface area (TPSA) is 83.7 Å². The molecule has 168 valence electrons. The molecule has 0 aliphatic heterocycles. The fourth-order valence-corrected chi connectivity index (χ4v) is 3.80. The van der Waals surface area contributed by atoms with Crippen LogP contribution >= 0.6 is 31.9 Å². The minimum atomic E-state index is -0.211. The molecule has 0 unspecified atom stereocenters. The van der Waals surface area contributed by atoms with Gasteiger partial charge in [-0.2, -0.15) is 10.4 Å². The van der Waals surface area contributed by atoms with Crippen molar-refractivity contribution < 1.29 is 14.3 Å². The molecule has 3 aromatic rings. The highest BCUT2D eigenvalue weighted by molar-refractivity contribution is 9.10. The number of halogens is 2. The highest BCUT2D eigenvalue weighted by atomic mass is 79.9. The van der Waals surface area contributed by atoms with E-state index in [0.717, 1.165) is 21.2 Å². The van der Waals surface area contributed by atoms with E-state index in [1.54, 1.807) is 24.4 Å². The molecule has 1 amide bonds. The lowest BCUT2D eigenvalue weighted by atomic mass is 10.1. The normalized spacial score (nSPS) is 10.6. The summed E-state index contributed by atoms with van der Waals surface area (Å²) in [4.78, 5) is 12.1. The number of nitriles is 1. The number of ether oxygens (including phenoxy) is 2. The summed E-state index contributed by atoms with van der Waals surface area (Å²) in [7, 11) is 0. The molecule has 33 heavy (non-hydrogen) atoms. The van der Waals surface area contributed by atoms with Crippen LogP contribution in [0.3, 0.4) is 0 Å². The number of hydrazone groups is 1. The molecule has 0 bridgehead atoms. The highest BCUT2D eigenvalue weighted by Gasteiger charge is 2.12. The molecular formula is C25H21Br2N3O3. The Labute approximate surface area is 209 Å². The number of hydrogen-bond donors (Lipinski definition) is 1. The third kappa shape index (κ3) is 7.45. The number of nitrogens with one attached hydrogen (secondary N) is 1.